The normalized spacial score (nSPS) is 12.1. The second-order valence-corrected chi connectivity index (χ2v) is 8.05. The first-order chi connectivity index (χ1) is 15.2. The highest BCUT2D eigenvalue weighted by molar-refractivity contribution is 5.71. The van der Waals surface area contributed by atoms with Crippen molar-refractivity contribution in [3.8, 4) is 22.9 Å². The van der Waals surface area contributed by atoms with Gasteiger partial charge < -0.3 is 19.9 Å². The fourth-order valence-corrected chi connectivity index (χ4v) is 2.80. The summed E-state index contributed by atoms with van der Waals surface area (Å²) in [5.41, 5.74) is -0.0248. The number of amides is 1. The van der Waals surface area contributed by atoms with Crippen molar-refractivity contribution in [2.24, 2.45) is 0 Å². The molecule has 0 unspecified atom stereocenters. The number of nitrogens with one attached hydrogen (secondary N) is 1. The number of alkyl carbamates (subject to hydrolysis) is 1. The maximum Gasteiger partial charge on any atom is 0.407 e. The summed E-state index contributed by atoms with van der Waals surface area (Å²) >= 11 is 0. The van der Waals surface area contributed by atoms with Crippen molar-refractivity contribution in [1.29, 1.82) is 0 Å². The number of para-hydroxylation sites is 1. The molecule has 168 valence electrons. The lowest BCUT2D eigenvalue weighted by molar-refractivity contribution is -0.137. The molecule has 3 aromatic rings. The highest BCUT2D eigenvalue weighted by Gasteiger charge is 2.22. The van der Waals surface area contributed by atoms with Crippen molar-refractivity contribution in [2.75, 3.05) is 0 Å². The van der Waals surface area contributed by atoms with Crippen LogP contribution in [0, 0.1) is 0 Å². The molecule has 0 bridgehead atoms. The minimum Gasteiger partial charge on any atom is -0.481 e. The smallest absolute Gasteiger partial charge is 0.407 e. The Hall–Kier alpha value is -3.95. The summed E-state index contributed by atoms with van der Waals surface area (Å²) in [6, 6.07) is 15.8. The van der Waals surface area contributed by atoms with E-state index >= 15 is 0 Å². The lowest BCUT2D eigenvalue weighted by Gasteiger charge is -2.22. The summed E-state index contributed by atoms with van der Waals surface area (Å²) < 4.78 is 11.0. The van der Waals surface area contributed by atoms with E-state index in [2.05, 4.69) is 20.7 Å². The number of hydrogen-bond donors (Lipinski definition) is 2. The Morgan fingerprint density at radius 1 is 1.09 bits per heavy atom. The highest BCUT2D eigenvalue weighted by atomic mass is 16.6. The third-order valence-electron chi connectivity index (χ3n) is 4.05. The first kappa shape index (κ1) is 22.7. The number of ether oxygens (including phenoxy) is 2. The summed E-state index contributed by atoms with van der Waals surface area (Å²) in [4.78, 5) is 24.5. The van der Waals surface area contributed by atoms with Crippen molar-refractivity contribution in [3.05, 3.63) is 54.6 Å². The number of carbonyl (C=O) groups is 2. The van der Waals surface area contributed by atoms with Crippen LogP contribution in [-0.2, 0) is 16.1 Å². The van der Waals surface area contributed by atoms with Gasteiger partial charge in [-0.1, -0.05) is 30.3 Å². The minimum atomic E-state index is -1.07. The third kappa shape index (κ3) is 7.08. The van der Waals surface area contributed by atoms with E-state index in [4.69, 9.17) is 9.47 Å². The van der Waals surface area contributed by atoms with Gasteiger partial charge in [0.05, 0.1) is 19.0 Å². The molecule has 2 N–H and O–H groups in total. The maximum atomic E-state index is 12.0. The number of benzene rings is 2. The number of carboxylic acid groups (broad SMARTS) is 1. The zero-order valence-corrected chi connectivity index (χ0v) is 18.1. The monoisotopic (exact) mass is 439 g/mol. The molecule has 0 aliphatic rings. The van der Waals surface area contributed by atoms with Gasteiger partial charge in [0, 0.05) is 5.56 Å². The van der Waals surface area contributed by atoms with Gasteiger partial charge in [-0.05, 0) is 50.3 Å². The van der Waals surface area contributed by atoms with Crippen molar-refractivity contribution >= 4 is 12.1 Å². The number of carbonyl (C=O) groups excluding carboxylic acids is 1. The van der Waals surface area contributed by atoms with Gasteiger partial charge in [-0.25, -0.2) is 4.79 Å². The van der Waals surface area contributed by atoms with E-state index in [-0.39, 0.29) is 13.0 Å². The molecule has 3 rings (SSSR count). The molecule has 0 saturated heterocycles. The summed E-state index contributed by atoms with van der Waals surface area (Å²) in [5.74, 6) is 0.582. The lowest BCUT2D eigenvalue weighted by Crippen LogP contribution is -2.42. The Balaban J connectivity index is 1.70. The van der Waals surface area contributed by atoms with Gasteiger partial charge in [0.15, 0.2) is 0 Å². The molecule has 1 amide bonds. The molecular formula is C22H25N5O5. The molecule has 1 heterocycles. The zero-order chi connectivity index (χ0) is 23.1. The van der Waals surface area contributed by atoms with Crippen molar-refractivity contribution in [1.82, 2.24) is 25.5 Å². The van der Waals surface area contributed by atoms with E-state index < -0.39 is 23.7 Å². The van der Waals surface area contributed by atoms with E-state index in [9.17, 15) is 14.7 Å². The Morgan fingerprint density at radius 3 is 2.50 bits per heavy atom. The quantitative estimate of drug-likeness (QED) is 0.546. The molecule has 0 spiro atoms. The Bertz CT molecular complexity index is 1060. The van der Waals surface area contributed by atoms with Gasteiger partial charge in [-0.2, -0.15) is 4.80 Å². The van der Waals surface area contributed by atoms with Crippen LogP contribution in [0.15, 0.2) is 54.6 Å². The first-order valence-electron chi connectivity index (χ1n) is 10.0. The van der Waals surface area contributed by atoms with Crippen molar-refractivity contribution < 1.29 is 24.2 Å². The van der Waals surface area contributed by atoms with Crippen LogP contribution < -0.4 is 10.1 Å². The van der Waals surface area contributed by atoms with E-state index in [0.29, 0.717) is 22.9 Å². The van der Waals surface area contributed by atoms with Crippen LogP contribution in [0.2, 0.25) is 0 Å². The molecule has 0 saturated carbocycles. The van der Waals surface area contributed by atoms with Gasteiger partial charge in [0.2, 0.25) is 5.82 Å². The first-order valence-corrected chi connectivity index (χ1v) is 10.0. The van der Waals surface area contributed by atoms with Crippen LogP contribution in [0.1, 0.15) is 27.2 Å². The molecule has 0 aliphatic heterocycles. The molecule has 0 fully saturated rings. The number of aliphatic carboxylic acids is 1. The van der Waals surface area contributed by atoms with Crippen LogP contribution >= 0.6 is 0 Å². The molecule has 2 aromatic carbocycles. The Kier molecular flexibility index (Phi) is 7.04. The summed E-state index contributed by atoms with van der Waals surface area (Å²) in [6.45, 7) is 5.18. The molecule has 32 heavy (non-hydrogen) atoms. The highest BCUT2D eigenvalue weighted by Crippen LogP contribution is 2.25. The SMILES string of the molecule is CC(C)(C)OC(=O)N[C@@H](CC(=O)O)Cn1nnc(-c2cccc(Oc3ccccc3)c2)n1. The predicted octanol–water partition coefficient (Wildman–Crippen LogP) is 3.50. The molecular weight excluding hydrogens is 414 g/mol. The standard InChI is InChI=1S/C22H25N5O5/c1-22(2,3)32-21(30)23-16(13-19(28)29)14-27-25-20(24-26-27)15-8-7-11-18(12-15)31-17-9-5-4-6-10-17/h4-12,16H,13-14H2,1-3H3,(H,23,30)(H,28,29)/t16-/m0/s1. The second kappa shape index (κ2) is 9.90. The molecule has 0 aliphatic carbocycles. The fourth-order valence-electron chi connectivity index (χ4n) is 2.80. The predicted molar refractivity (Wildman–Crippen MR) is 115 cm³/mol. The number of rotatable bonds is 8. The van der Waals surface area contributed by atoms with E-state index in [0.717, 1.165) is 0 Å². The van der Waals surface area contributed by atoms with Crippen LogP contribution in [0.3, 0.4) is 0 Å². The van der Waals surface area contributed by atoms with E-state index in [1.54, 1.807) is 26.8 Å². The summed E-state index contributed by atoms with van der Waals surface area (Å²) in [5, 5.41) is 24.1. The van der Waals surface area contributed by atoms with Gasteiger partial charge >= 0.3 is 12.1 Å². The minimum absolute atomic E-state index is 0.0126. The zero-order valence-electron chi connectivity index (χ0n) is 18.1. The molecule has 0 radical (unpaired) electrons. The second-order valence-electron chi connectivity index (χ2n) is 8.05. The van der Waals surface area contributed by atoms with Gasteiger partial charge in [-0.3, -0.25) is 4.79 Å². The lowest BCUT2D eigenvalue weighted by atomic mass is 10.2. The number of tetrazole rings is 1. The fraction of sp³-hybridized carbons (Fsp3) is 0.318. The van der Waals surface area contributed by atoms with Crippen molar-refractivity contribution in [3.63, 3.8) is 0 Å². The van der Waals surface area contributed by atoms with Gasteiger partial charge in [0.1, 0.15) is 17.1 Å². The largest absolute Gasteiger partial charge is 0.481 e. The number of carboxylic acids is 1. The van der Waals surface area contributed by atoms with Crippen molar-refractivity contribution in [2.45, 2.75) is 45.4 Å². The molecule has 10 heteroatoms. The summed E-state index contributed by atoms with van der Waals surface area (Å²) in [6.07, 6.45) is -1.04. The Morgan fingerprint density at radius 2 is 1.81 bits per heavy atom. The third-order valence-corrected chi connectivity index (χ3v) is 4.05. The van der Waals surface area contributed by atoms with Crippen LogP contribution in [0.5, 0.6) is 11.5 Å². The average molecular weight is 439 g/mol. The molecule has 1 atom stereocenters. The summed E-state index contributed by atoms with van der Waals surface area (Å²) in [7, 11) is 0. The van der Waals surface area contributed by atoms with Crippen LogP contribution in [0.25, 0.3) is 11.4 Å². The van der Waals surface area contributed by atoms with E-state index in [1.807, 2.05) is 48.5 Å². The van der Waals surface area contributed by atoms with Crippen LogP contribution in [0.4, 0.5) is 4.79 Å². The number of aromatic nitrogens is 4. The number of nitrogens with zero attached hydrogens (tertiary/aromatic N) is 4. The number of hydrogen-bond acceptors (Lipinski definition) is 7. The Labute approximate surface area is 185 Å². The van der Waals surface area contributed by atoms with E-state index in [1.165, 1.54) is 4.80 Å². The molecule has 1 aromatic heterocycles. The van der Waals surface area contributed by atoms with Gasteiger partial charge in [0.25, 0.3) is 0 Å². The maximum absolute atomic E-state index is 12.0. The average Bonchev–Trinajstić information content (AvgIpc) is 3.15. The topological polar surface area (TPSA) is 128 Å². The molecule has 10 nitrogen and oxygen atoms in total. The van der Waals surface area contributed by atoms with Crippen LogP contribution in [-0.4, -0.2) is 49.0 Å². The van der Waals surface area contributed by atoms with Gasteiger partial charge in [-0.15, -0.1) is 10.2 Å².